The van der Waals surface area contributed by atoms with Crippen molar-refractivity contribution in [1.82, 2.24) is 19.0 Å². The van der Waals surface area contributed by atoms with E-state index in [-0.39, 0.29) is 17.6 Å². The third-order valence-electron chi connectivity index (χ3n) is 6.65. The molecule has 0 N–H and O–H groups in total. The second-order valence-electron chi connectivity index (χ2n) is 8.61. The van der Waals surface area contributed by atoms with Gasteiger partial charge in [0.25, 0.3) is 0 Å². The van der Waals surface area contributed by atoms with Gasteiger partial charge in [-0.15, -0.1) is 0 Å². The summed E-state index contributed by atoms with van der Waals surface area (Å²) < 4.78 is 3.78. The van der Waals surface area contributed by atoms with Crippen LogP contribution in [0.15, 0.2) is 23.1 Å². The van der Waals surface area contributed by atoms with Gasteiger partial charge in [0.15, 0.2) is 5.65 Å². The van der Waals surface area contributed by atoms with Gasteiger partial charge in [-0.2, -0.15) is 0 Å². The Labute approximate surface area is 159 Å². The highest BCUT2D eigenvalue weighted by molar-refractivity contribution is 5.79. The number of fused-ring (bicyclic) bond motifs is 1. The molecular weight excluding hydrogens is 340 g/mol. The zero-order valence-electron chi connectivity index (χ0n) is 15.8. The molecule has 1 amide bonds. The zero-order valence-corrected chi connectivity index (χ0v) is 15.8. The van der Waals surface area contributed by atoms with E-state index < -0.39 is 0 Å². The first-order valence-corrected chi connectivity index (χ1v) is 10.6. The molecule has 144 valence electrons. The van der Waals surface area contributed by atoms with Gasteiger partial charge in [0, 0.05) is 31.7 Å². The van der Waals surface area contributed by atoms with Crippen LogP contribution >= 0.6 is 0 Å². The Morgan fingerprint density at radius 1 is 1.11 bits per heavy atom. The SMILES string of the molecule is O=C(C1CCCCC1)N1CC[C@@H](n2c(=O)n(CC3CC3)c3cccnc32)C1. The molecule has 6 nitrogen and oxygen atoms in total. The quantitative estimate of drug-likeness (QED) is 0.834. The Bertz CT molecular complexity index is 905. The summed E-state index contributed by atoms with van der Waals surface area (Å²) in [7, 11) is 0. The first-order valence-electron chi connectivity index (χ1n) is 10.6. The van der Waals surface area contributed by atoms with Gasteiger partial charge in [-0.25, -0.2) is 9.78 Å². The molecule has 3 heterocycles. The summed E-state index contributed by atoms with van der Waals surface area (Å²) in [4.78, 5) is 32.6. The van der Waals surface area contributed by atoms with E-state index in [9.17, 15) is 9.59 Å². The second kappa shape index (κ2) is 6.80. The monoisotopic (exact) mass is 368 g/mol. The topological polar surface area (TPSA) is 60.1 Å². The van der Waals surface area contributed by atoms with Crippen molar-refractivity contribution in [3.63, 3.8) is 0 Å². The molecule has 6 heteroatoms. The number of imidazole rings is 1. The highest BCUT2D eigenvalue weighted by Crippen LogP contribution is 2.33. The van der Waals surface area contributed by atoms with Crippen LogP contribution in [0.1, 0.15) is 57.4 Å². The number of amides is 1. The van der Waals surface area contributed by atoms with E-state index in [0.717, 1.165) is 43.5 Å². The van der Waals surface area contributed by atoms with Gasteiger partial charge in [0.2, 0.25) is 5.91 Å². The number of nitrogens with zero attached hydrogens (tertiary/aromatic N) is 4. The number of hydrogen-bond acceptors (Lipinski definition) is 3. The molecule has 0 aromatic carbocycles. The van der Waals surface area contributed by atoms with Crippen LogP contribution in [0.3, 0.4) is 0 Å². The molecule has 1 atom stereocenters. The molecular formula is C21H28N4O2. The van der Waals surface area contributed by atoms with Gasteiger partial charge in [-0.3, -0.25) is 13.9 Å². The number of likely N-dealkylation sites (tertiary alicyclic amines) is 1. The summed E-state index contributed by atoms with van der Waals surface area (Å²) in [6.45, 7) is 2.20. The van der Waals surface area contributed by atoms with Crippen molar-refractivity contribution in [2.45, 2.75) is 64.0 Å². The Morgan fingerprint density at radius 3 is 2.70 bits per heavy atom. The van der Waals surface area contributed by atoms with Gasteiger partial charge in [-0.1, -0.05) is 19.3 Å². The van der Waals surface area contributed by atoms with E-state index in [0.29, 0.717) is 18.4 Å². The second-order valence-corrected chi connectivity index (χ2v) is 8.61. The molecule has 3 fully saturated rings. The molecule has 0 unspecified atom stereocenters. The van der Waals surface area contributed by atoms with E-state index in [4.69, 9.17) is 0 Å². The van der Waals surface area contributed by atoms with Crippen molar-refractivity contribution in [3.05, 3.63) is 28.8 Å². The van der Waals surface area contributed by atoms with Crippen LogP contribution in [0, 0.1) is 11.8 Å². The molecule has 2 aromatic rings. The number of hydrogen-bond donors (Lipinski definition) is 0. The lowest BCUT2D eigenvalue weighted by Gasteiger charge is -2.26. The summed E-state index contributed by atoms with van der Waals surface area (Å²) >= 11 is 0. The molecule has 5 rings (SSSR count). The minimum absolute atomic E-state index is 0.0443. The average Bonchev–Trinajstić information content (AvgIpc) is 3.33. The third-order valence-corrected chi connectivity index (χ3v) is 6.65. The minimum atomic E-state index is 0.0443. The molecule has 2 aromatic heterocycles. The third kappa shape index (κ3) is 3.09. The van der Waals surface area contributed by atoms with Crippen molar-refractivity contribution in [1.29, 1.82) is 0 Å². The van der Waals surface area contributed by atoms with Crippen LogP contribution in [-0.2, 0) is 11.3 Å². The molecule has 1 saturated heterocycles. The summed E-state index contributed by atoms with van der Waals surface area (Å²) in [6.07, 6.45) is 10.7. The standard InChI is InChI=1S/C21H28N4O2/c26-20(16-5-2-1-3-6-16)23-12-10-17(14-23)25-19-18(7-4-11-22-19)24(21(25)27)13-15-8-9-15/h4,7,11,15-17H,1-3,5-6,8-10,12-14H2/t17-/m1/s1. The maximum Gasteiger partial charge on any atom is 0.330 e. The molecule has 0 spiro atoms. The zero-order chi connectivity index (χ0) is 18.4. The molecule has 1 aliphatic heterocycles. The first-order chi connectivity index (χ1) is 13.2. The number of carbonyl (C=O) groups excluding carboxylic acids is 1. The van der Waals surface area contributed by atoms with Crippen molar-refractivity contribution in [3.8, 4) is 0 Å². The molecule has 0 radical (unpaired) electrons. The highest BCUT2D eigenvalue weighted by Gasteiger charge is 2.34. The van der Waals surface area contributed by atoms with Crippen LogP contribution in [0.2, 0.25) is 0 Å². The Kier molecular flexibility index (Phi) is 4.29. The van der Waals surface area contributed by atoms with Crippen molar-refractivity contribution >= 4 is 17.1 Å². The van der Waals surface area contributed by atoms with Gasteiger partial charge < -0.3 is 4.90 Å². The summed E-state index contributed by atoms with van der Waals surface area (Å²) in [6, 6.07) is 3.95. The van der Waals surface area contributed by atoms with Crippen LogP contribution in [-0.4, -0.2) is 38.0 Å². The number of pyridine rings is 1. The summed E-state index contributed by atoms with van der Waals surface area (Å²) in [5.41, 5.74) is 1.76. The lowest BCUT2D eigenvalue weighted by atomic mass is 9.88. The van der Waals surface area contributed by atoms with Gasteiger partial charge in [0.05, 0.1) is 11.6 Å². The maximum atomic E-state index is 13.2. The summed E-state index contributed by atoms with van der Waals surface area (Å²) in [5, 5.41) is 0. The number of carbonyl (C=O) groups is 1. The average molecular weight is 368 g/mol. The van der Waals surface area contributed by atoms with Crippen molar-refractivity contribution in [2.24, 2.45) is 11.8 Å². The van der Waals surface area contributed by atoms with E-state index in [1.54, 1.807) is 6.20 Å². The molecule has 27 heavy (non-hydrogen) atoms. The largest absolute Gasteiger partial charge is 0.340 e. The van der Waals surface area contributed by atoms with Crippen LogP contribution < -0.4 is 5.69 Å². The lowest BCUT2D eigenvalue weighted by Crippen LogP contribution is -2.36. The normalized spacial score (nSPS) is 24.0. The fourth-order valence-corrected chi connectivity index (χ4v) is 4.93. The Morgan fingerprint density at radius 2 is 1.93 bits per heavy atom. The van der Waals surface area contributed by atoms with Crippen LogP contribution in [0.5, 0.6) is 0 Å². The number of aromatic nitrogens is 3. The van der Waals surface area contributed by atoms with Crippen LogP contribution in [0.4, 0.5) is 0 Å². The van der Waals surface area contributed by atoms with Crippen molar-refractivity contribution < 1.29 is 4.79 Å². The molecule has 2 aliphatic carbocycles. The fourth-order valence-electron chi connectivity index (χ4n) is 4.93. The van der Waals surface area contributed by atoms with Gasteiger partial charge in [0.1, 0.15) is 0 Å². The predicted octanol–water partition coefficient (Wildman–Crippen LogP) is 2.96. The minimum Gasteiger partial charge on any atom is -0.340 e. The smallest absolute Gasteiger partial charge is 0.330 e. The van der Waals surface area contributed by atoms with Gasteiger partial charge >= 0.3 is 5.69 Å². The molecule has 3 aliphatic rings. The Balaban J connectivity index is 1.42. The maximum absolute atomic E-state index is 13.2. The lowest BCUT2D eigenvalue weighted by molar-refractivity contribution is -0.135. The highest BCUT2D eigenvalue weighted by atomic mass is 16.2. The predicted molar refractivity (Wildman–Crippen MR) is 104 cm³/mol. The molecule has 0 bridgehead atoms. The fraction of sp³-hybridized carbons (Fsp3) is 0.667. The van der Waals surface area contributed by atoms with E-state index in [1.165, 1.54) is 32.1 Å². The van der Waals surface area contributed by atoms with E-state index in [1.807, 2.05) is 26.2 Å². The van der Waals surface area contributed by atoms with E-state index in [2.05, 4.69) is 4.98 Å². The Hall–Kier alpha value is -2.11. The van der Waals surface area contributed by atoms with E-state index >= 15 is 0 Å². The molecule has 2 saturated carbocycles. The van der Waals surface area contributed by atoms with Gasteiger partial charge in [-0.05, 0) is 50.2 Å². The number of rotatable bonds is 4. The van der Waals surface area contributed by atoms with Crippen molar-refractivity contribution in [2.75, 3.05) is 13.1 Å². The van der Waals surface area contributed by atoms with Crippen LogP contribution in [0.25, 0.3) is 11.2 Å². The summed E-state index contributed by atoms with van der Waals surface area (Å²) in [5.74, 6) is 1.14. The first kappa shape index (κ1) is 17.0.